The van der Waals surface area contributed by atoms with Crippen LogP contribution in [0.15, 0.2) is 24.3 Å². The number of hydrogen-bond donors (Lipinski definition) is 0. The summed E-state index contributed by atoms with van der Waals surface area (Å²) >= 11 is 0. The van der Waals surface area contributed by atoms with Crippen LogP contribution in [0.1, 0.15) is 83.1 Å². The van der Waals surface area contributed by atoms with Crippen LogP contribution < -0.4 is 4.74 Å². The first-order chi connectivity index (χ1) is 14.0. The normalized spacial score (nSPS) is 19.9. The smallest absolute Gasteiger partial charge is 0.387 e. The fourth-order valence-corrected chi connectivity index (χ4v) is 4.24. The molecule has 29 heavy (non-hydrogen) atoms. The van der Waals surface area contributed by atoms with Crippen LogP contribution in [-0.2, 0) is 6.42 Å². The molecule has 1 aromatic carbocycles. The highest BCUT2D eigenvalue weighted by atomic mass is 19.3. The van der Waals surface area contributed by atoms with E-state index in [0.29, 0.717) is 17.9 Å². The van der Waals surface area contributed by atoms with E-state index in [1.165, 1.54) is 64.2 Å². The molecule has 1 aliphatic carbocycles. The number of unbranched alkanes of at least 4 members (excludes halogenated alkanes) is 3. The molecule has 1 nitrogen and oxygen atoms in total. The molecule has 0 heterocycles. The van der Waals surface area contributed by atoms with Gasteiger partial charge in [-0.05, 0) is 61.6 Å². The summed E-state index contributed by atoms with van der Waals surface area (Å²) in [6, 6.07) is 2.22. The maximum absolute atomic E-state index is 13.8. The number of allylic oxidation sites excluding steroid dienone is 2. The number of aryl methyl sites for hydroxylation is 1. The van der Waals surface area contributed by atoms with Crippen molar-refractivity contribution < 1.29 is 22.3 Å². The van der Waals surface area contributed by atoms with Crippen LogP contribution in [0, 0.1) is 23.5 Å². The van der Waals surface area contributed by atoms with Crippen molar-refractivity contribution >= 4 is 0 Å². The Morgan fingerprint density at radius 3 is 2.10 bits per heavy atom. The Bertz CT molecular complexity index is 598. The Morgan fingerprint density at radius 2 is 1.52 bits per heavy atom. The molecule has 0 aliphatic heterocycles. The number of ether oxygens (including phenoxy) is 1. The summed E-state index contributed by atoms with van der Waals surface area (Å²) < 4.78 is 56.0. The topological polar surface area (TPSA) is 9.23 Å². The summed E-state index contributed by atoms with van der Waals surface area (Å²) in [5.41, 5.74) is 0.500. The third-order valence-electron chi connectivity index (χ3n) is 5.93. The Kier molecular flexibility index (Phi) is 10.6. The maximum atomic E-state index is 13.8. The zero-order valence-corrected chi connectivity index (χ0v) is 17.4. The molecule has 1 aliphatic rings. The van der Waals surface area contributed by atoms with Gasteiger partial charge in [0, 0.05) is 0 Å². The van der Waals surface area contributed by atoms with E-state index in [0.717, 1.165) is 24.5 Å². The second kappa shape index (κ2) is 12.9. The molecule has 0 atom stereocenters. The molecule has 1 aromatic rings. The largest absolute Gasteiger partial charge is 0.429 e. The molecule has 0 unspecified atom stereocenters. The Labute approximate surface area is 172 Å². The van der Waals surface area contributed by atoms with Gasteiger partial charge in [0.05, 0.1) is 0 Å². The lowest BCUT2D eigenvalue weighted by molar-refractivity contribution is -0.0546. The van der Waals surface area contributed by atoms with Crippen LogP contribution in [0.4, 0.5) is 17.6 Å². The Balaban J connectivity index is 1.66. The monoisotopic (exact) mass is 414 g/mol. The van der Waals surface area contributed by atoms with E-state index in [1.54, 1.807) is 0 Å². The van der Waals surface area contributed by atoms with Crippen LogP contribution >= 0.6 is 0 Å². The predicted octanol–water partition coefficient (Wildman–Crippen LogP) is 8.22. The van der Waals surface area contributed by atoms with Crippen molar-refractivity contribution in [2.45, 2.75) is 90.6 Å². The van der Waals surface area contributed by atoms with E-state index in [1.807, 2.05) is 0 Å². The second-order valence-corrected chi connectivity index (χ2v) is 8.24. The van der Waals surface area contributed by atoms with Crippen molar-refractivity contribution in [3.05, 3.63) is 41.5 Å². The fraction of sp³-hybridized carbons (Fsp3) is 0.667. The highest BCUT2D eigenvalue weighted by Gasteiger charge is 2.22. The molecule has 0 aromatic heterocycles. The minimum atomic E-state index is -3.24. The summed E-state index contributed by atoms with van der Waals surface area (Å²) in [7, 11) is 0. The Morgan fingerprint density at radius 1 is 0.931 bits per heavy atom. The SMILES string of the molecule is CCCC=CCCCCC1CCC(CCc2cc(F)c(OC(F)F)c(F)c2)CC1. The van der Waals surface area contributed by atoms with Gasteiger partial charge in [-0.25, -0.2) is 8.78 Å². The summed E-state index contributed by atoms with van der Waals surface area (Å²) in [6.07, 6.45) is 18.3. The molecule has 0 radical (unpaired) electrons. The van der Waals surface area contributed by atoms with E-state index in [9.17, 15) is 17.6 Å². The standard InChI is InChI=1S/C24H34F4O/c1-2-3-4-5-6-7-8-9-18-10-12-19(13-11-18)14-15-20-16-21(25)23(22(26)17-20)29-24(27)28/h4-5,16-19,24H,2-3,6-15H2,1H3. The van der Waals surface area contributed by atoms with Crippen LogP contribution in [0.3, 0.4) is 0 Å². The second-order valence-electron chi connectivity index (χ2n) is 8.24. The van der Waals surface area contributed by atoms with Gasteiger partial charge in [0.1, 0.15) is 0 Å². The van der Waals surface area contributed by atoms with Crippen molar-refractivity contribution in [3.8, 4) is 5.75 Å². The first-order valence-electron chi connectivity index (χ1n) is 11.1. The van der Waals surface area contributed by atoms with Gasteiger partial charge < -0.3 is 4.74 Å². The van der Waals surface area contributed by atoms with Crippen molar-refractivity contribution in [3.63, 3.8) is 0 Å². The molecule has 2 rings (SSSR count). The zero-order valence-electron chi connectivity index (χ0n) is 17.4. The molecule has 1 fully saturated rings. The van der Waals surface area contributed by atoms with Crippen LogP contribution in [0.2, 0.25) is 0 Å². The van der Waals surface area contributed by atoms with E-state index >= 15 is 0 Å². The summed E-state index contributed by atoms with van der Waals surface area (Å²) in [4.78, 5) is 0. The lowest BCUT2D eigenvalue weighted by Gasteiger charge is -2.28. The quantitative estimate of drug-likeness (QED) is 0.190. The van der Waals surface area contributed by atoms with Gasteiger partial charge in [0.25, 0.3) is 0 Å². The van der Waals surface area contributed by atoms with Gasteiger partial charge in [-0.15, -0.1) is 0 Å². The molecule has 164 valence electrons. The zero-order chi connectivity index (χ0) is 21.1. The summed E-state index contributed by atoms with van der Waals surface area (Å²) in [5.74, 6) is -1.73. The van der Waals surface area contributed by atoms with E-state index in [4.69, 9.17) is 0 Å². The third kappa shape index (κ3) is 8.79. The minimum Gasteiger partial charge on any atom is -0.429 e. The van der Waals surface area contributed by atoms with E-state index in [-0.39, 0.29) is 0 Å². The van der Waals surface area contributed by atoms with Gasteiger partial charge in [0.2, 0.25) is 0 Å². The van der Waals surface area contributed by atoms with Gasteiger partial charge in [0.15, 0.2) is 17.4 Å². The lowest BCUT2D eigenvalue weighted by Crippen LogP contribution is -2.15. The van der Waals surface area contributed by atoms with Crippen molar-refractivity contribution in [1.82, 2.24) is 0 Å². The lowest BCUT2D eigenvalue weighted by atomic mass is 9.78. The first kappa shape index (κ1) is 23.8. The molecule has 1 saturated carbocycles. The van der Waals surface area contributed by atoms with Gasteiger partial charge >= 0.3 is 6.61 Å². The minimum absolute atomic E-state index is 0.500. The fourth-order valence-electron chi connectivity index (χ4n) is 4.24. The maximum Gasteiger partial charge on any atom is 0.387 e. The van der Waals surface area contributed by atoms with Crippen LogP contribution in [0.5, 0.6) is 5.75 Å². The molecular weight excluding hydrogens is 380 g/mol. The van der Waals surface area contributed by atoms with Gasteiger partial charge in [-0.2, -0.15) is 8.78 Å². The molecule has 5 heteroatoms. The van der Waals surface area contributed by atoms with Crippen molar-refractivity contribution in [2.75, 3.05) is 0 Å². The van der Waals surface area contributed by atoms with E-state index < -0.39 is 24.0 Å². The van der Waals surface area contributed by atoms with E-state index in [2.05, 4.69) is 23.8 Å². The third-order valence-corrected chi connectivity index (χ3v) is 5.93. The van der Waals surface area contributed by atoms with Crippen LogP contribution in [0.25, 0.3) is 0 Å². The molecule has 0 N–H and O–H groups in total. The molecule has 0 saturated heterocycles. The number of hydrogen-bond acceptors (Lipinski definition) is 1. The van der Waals surface area contributed by atoms with Crippen molar-refractivity contribution in [2.24, 2.45) is 11.8 Å². The molecular formula is C24H34F4O. The average Bonchev–Trinajstić information content (AvgIpc) is 2.69. The molecule has 0 spiro atoms. The average molecular weight is 415 g/mol. The molecule has 0 amide bonds. The van der Waals surface area contributed by atoms with Gasteiger partial charge in [-0.3, -0.25) is 0 Å². The number of halogens is 4. The van der Waals surface area contributed by atoms with Crippen LogP contribution in [-0.4, -0.2) is 6.61 Å². The first-order valence-corrected chi connectivity index (χ1v) is 11.1. The van der Waals surface area contributed by atoms with Gasteiger partial charge in [-0.1, -0.05) is 64.0 Å². The Hall–Kier alpha value is -1.52. The predicted molar refractivity (Wildman–Crippen MR) is 109 cm³/mol. The van der Waals surface area contributed by atoms with Crippen molar-refractivity contribution in [1.29, 1.82) is 0 Å². The summed E-state index contributed by atoms with van der Waals surface area (Å²) in [6.45, 7) is -1.05. The number of benzene rings is 1. The summed E-state index contributed by atoms with van der Waals surface area (Å²) in [5, 5.41) is 0. The highest BCUT2D eigenvalue weighted by molar-refractivity contribution is 5.31. The highest BCUT2D eigenvalue weighted by Crippen LogP contribution is 2.35. The number of rotatable bonds is 12. The number of alkyl halides is 2. The molecule has 0 bridgehead atoms.